The first-order chi connectivity index (χ1) is 9.08. The van der Waals surface area contributed by atoms with Crippen LogP contribution in [0.2, 0.25) is 0 Å². The van der Waals surface area contributed by atoms with Gasteiger partial charge in [-0.05, 0) is 28.1 Å². The van der Waals surface area contributed by atoms with Crippen molar-refractivity contribution in [3.63, 3.8) is 0 Å². The number of anilines is 1. The van der Waals surface area contributed by atoms with E-state index in [0.29, 0.717) is 10.3 Å². The summed E-state index contributed by atoms with van der Waals surface area (Å²) >= 11 is 3.24. The number of para-hydroxylation sites is 1. The molecule has 2 rings (SSSR count). The molecule has 2 N–H and O–H groups in total. The van der Waals surface area contributed by atoms with E-state index in [4.69, 9.17) is 10.5 Å². The lowest BCUT2D eigenvalue weighted by atomic mass is 10.3. The molecule has 98 valence electrons. The second-order valence-electron chi connectivity index (χ2n) is 3.73. The predicted octanol–water partition coefficient (Wildman–Crippen LogP) is 2.91. The lowest BCUT2D eigenvalue weighted by Crippen LogP contribution is -2.01. The van der Waals surface area contributed by atoms with Crippen LogP contribution in [0.3, 0.4) is 0 Å². The maximum Gasteiger partial charge on any atom is 0.312 e. The Morgan fingerprint density at radius 3 is 2.79 bits per heavy atom. The molecule has 0 atom stereocenters. The molecule has 19 heavy (non-hydrogen) atoms. The third kappa shape index (κ3) is 3.19. The summed E-state index contributed by atoms with van der Waals surface area (Å²) in [5, 5.41) is 10.9. The van der Waals surface area contributed by atoms with Gasteiger partial charge >= 0.3 is 5.69 Å². The number of aromatic nitrogens is 1. The molecular weight excluding hydrogens is 314 g/mol. The van der Waals surface area contributed by atoms with Crippen molar-refractivity contribution in [1.29, 1.82) is 0 Å². The molecule has 0 aliphatic heterocycles. The number of benzene rings is 1. The average Bonchev–Trinajstić information content (AvgIpc) is 2.39. The summed E-state index contributed by atoms with van der Waals surface area (Å²) in [5.74, 6) is 0.611. The maximum atomic E-state index is 10.9. The zero-order valence-electron chi connectivity index (χ0n) is 9.75. The van der Waals surface area contributed by atoms with E-state index in [-0.39, 0.29) is 18.0 Å². The number of nitro groups is 1. The molecule has 0 aliphatic rings. The van der Waals surface area contributed by atoms with Crippen molar-refractivity contribution >= 4 is 27.4 Å². The van der Waals surface area contributed by atoms with Crippen LogP contribution in [-0.4, -0.2) is 9.91 Å². The highest BCUT2D eigenvalue weighted by molar-refractivity contribution is 9.10. The minimum absolute atomic E-state index is 0.0854. The van der Waals surface area contributed by atoms with Crippen LogP contribution in [-0.2, 0) is 6.61 Å². The van der Waals surface area contributed by atoms with Gasteiger partial charge in [-0.3, -0.25) is 10.1 Å². The van der Waals surface area contributed by atoms with Crippen LogP contribution in [0.15, 0.2) is 41.0 Å². The summed E-state index contributed by atoms with van der Waals surface area (Å²) in [6.07, 6.45) is 1.57. The lowest BCUT2D eigenvalue weighted by Gasteiger charge is -2.08. The molecule has 0 amide bonds. The molecular formula is C12H10BrN3O3. The van der Waals surface area contributed by atoms with E-state index in [1.165, 1.54) is 6.07 Å². The number of hydrogen-bond donors (Lipinski definition) is 1. The highest BCUT2D eigenvalue weighted by Gasteiger charge is 2.17. The topological polar surface area (TPSA) is 91.3 Å². The van der Waals surface area contributed by atoms with E-state index in [1.54, 1.807) is 30.5 Å². The number of halogens is 1. The Labute approximate surface area is 117 Å². The molecule has 1 aromatic carbocycles. The van der Waals surface area contributed by atoms with Crippen LogP contribution < -0.4 is 10.5 Å². The van der Waals surface area contributed by atoms with E-state index >= 15 is 0 Å². The van der Waals surface area contributed by atoms with E-state index in [9.17, 15) is 10.1 Å². The number of rotatable bonds is 4. The number of nitrogens with zero attached hydrogens (tertiary/aromatic N) is 2. The van der Waals surface area contributed by atoms with Gasteiger partial charge in [0.1, 0.15) is 12.4 Å². The third-order valence-electron chi connectivity index (χ3n) is 2.37. The SMILES string of the molecule is Nc1ccc(COc2c(Br)cccc2[N+](=O)[O-])cn1. The van der Waals surface area contributed by atoms with Crippen LogP contribution >= 0.6 is 15.9 Å². The van der Waals surface area contributed by atoms with E-state index in [2.05, 4.69) is 20.9 Å². The fraction of sp³-hybridized carbons (Fsp3) is 0.0833. The molecule has 1 aromatic heterocycles. The first-order valence-electron chi connectivity index (χ1n) is 5.34. The Bertz CT molecular complexity index is 602. The molecule has 0 unspecified atom stereocenters. The quantitative estimate of drug-likeness (QED) is 0.690. The number of nitrogen functional groups attached to an aromatic ring is 1. The highest BCUT2D eigenvalue weighted by atomic mass is 79.9. The Morgan fingerprint density at radius 1 is 1.37 bits per heavy atom. The normalized spacial score (nSPS) is 10.2. The van der Waals surface area contributed by atoms with Gasteiger partial charge in [-0.25, -0.2) is 4.98 Å². The summed E-state index contributed by atoms with van der Waals surface area (Å²) in [6, 6.07) is 8.06. The molecule has 0 saturated heterocycles. The molecule has 0 aliphatic carbocycles. The van der Waals surface area contributed by atoms with Gasteiger partial charge in [0.05, 0.1) is 9.40 Å². The Morgan fingerprint density at radius 2 is 2.16 bits per heavy atom. The largest absolute Gasteiger partial charge is 0.481 e. The molecule has 2 aromatic rings. The van der Waals surface area contributed by atoms with Crippen molar-refractivity contribution in [3.05, 3.63) is 56.7 Å². The first kappa shape index (κ1) is 13.3. The maximum absolute atomic E-state index is 10.9. The lowest BCUT2D eigenvalue weighted by molar-refractivity contribution is -0.386. The van der Waals surface area contributed by atoms with Gasteiger partial charge in [0, 0.05) is 17.8 Å². The molecule has 0 saturated carbocycles. The molecule has 0 radical (unpaired) electrons. The number of hydrogen-bond acceptors (Lipinski definition) is 5. The fourth-order valence-corrected chi connectivity index (χ4v) is 1.93. The van der Waals surface area contributed by atoms with E-state index in [1.807, 2.05) is 0 Å². The Hall–Kier alpha value is -2.15. The Kier molecular flexibility index (Phi) is 3.96. The summed E-state index contributed by atoms with van der Waals surface area (Å²) in [5.41, 5.74) is 6.16. The van der Waals surface area contributed by atoms with E-state index < -0.39 is 4.92 Å². The number of nitrogens with two attached hydrogens (primary N) is 1. The van der Waals surface area contributed by atoms with E-state index in [0.717, 1.165) is 5.56 Å². The summed E-state index contributed by atoms with van der Waals surface area (Å²) in [7, 11) is 0. The second-order valence-corrected chi connectivity index (χ2v) is 4.58. The van der Waals surface area contributed by atoms with Crippen LogP contribution in [0.5, 0.6) is 5.75 Å². The van der Waals surface area contributed by atoms with Crippen LogP contribution in [0.4, 0.5) is 11.5 Å². The highest BCUT2D eigenvalue weighted by Crippen LogP contribution is 2.35. The van der Waals surface area contributed by atoms with Gasteiger partial charge in [-0.15, -0.1) is 0 Å². The van der Waals surface area contributed by atoms with Crippen molar-refractivity contribution in [2.24, 2.45) is 0 Å². The Balaban J connectivity index is 2.19. The molecule has 0 fully saturated rings. The molecule has 7 heteroatoms. The minimum Gasteiger partial charge on any atom is -0.481 e. The third-order valence-corrected chi connectivity index (χ3v) is 3.00. The second kappa shape index (κ2) is 5.66. The average molecular weight is 324 g/mol. The molecule has 1 heterocycles. The standard InChI is InChI=1S/C12H10BrN3O3/c13-9-2-1-3-10(16(17)18)12(9)19-7-8-4-5-11(14)15-6-8/h1-6H,7H2,(H2,14,15). The predicted molar refractivity (Wildman–Crippen MR) is 73.8 cm³/mol. The van der Waals surface area contributed by atoms with Crippen molar-refractivity contribution in [3.8, 4) is 5.75 Å². The molecule has 6 nitrogen and oxygen atoms in total. The van der Waals surface area contributed by atoms with Gasteiger partial charge < -0.3 is 10.5 Å². The smallest absolute Gasteiger partial charge is 0.312 e. The van der Waals surface area contributed by atoms with Crippen LogP contribution in [0.1, 0.15) is 5.56 Å². The summed E-state index contributed by atoms with van der Waals surface area (Å²) in [4.78, 5) is 14.3. The van der Waals surface area contributed by atoms with Crippen LogP contribution in [0, 0.1) is 10.1 Å². The minimum atomic E-state index is -0.485. The zero-order chi connectivity index (χ0) is 13.8. The first-order valence-corrected chi connectivity index (χ1v) is 6.13. The van der Waals surface area contributed by atoms with Crippen LogP contribution in [0.25, 0.3) is 0 Å². The van der Waals surface area contributed by atoms with Gasteiger partial charge in [0.25, 0.3) is 0 Å². The zero-order valence-corrected chi connectivity index (χ0v) is 11.3. The van der Waals surface area contributed by atoms with Gasteiger partial charge in [0.15, 0.2) is 0 Å². The van der Waals surface area contributed by atoms with Crippen molar-refractivity contribution in [2.45, 2.75) is 6.61 Å². The molecule has 0 spiro atoms. The van der Waals surface area contributed by atoms with Gasteiger partial charge in [-0.2, -0.15) is 0 Å². The molecule has 0 bridgehead atoms. The summed E-state index contributed by atoms with van der Waals surface area (Å²) < 4.78 is 6.02. The van der Waals surface area contributed by atoms with Crippen molar-refractivity contribution in [2.75, 3.05) is 5.73 Å². The number of nitro benzene ring substituents is 1. The van der Waals surface area contributed by atoms with Crippen molar-refractivity contribution in [1.82, 2.24) is 4.98 Å². The number of pyridine rings is 1. The number of ether oxygens (including phenoxy) is 1. The monoisotopic (exact) mass is 323 g/mol. The fourth-order valence-electron chi connectivity index (χ4n) is 1.46. The van der Waals surface area contributed by atoms with Gasteiger partial charge in [-0.1, -0.05) is 12.1 Å². The summed E-state index contributed by atoms with van der Waals surface area (Å²) in [6.45, 7) is 0.177. The van der Waals surface area contributed by atoms with Crippen molar-refractivity contribution < 1.29 is 9.66 Å². The van der Waals surface area contributed by atoms with Gasteiger partial charge in [0.2, 0.25) is 5.75 Å².